The maximum absolute atomic E-state index is 13.0. The van der Waals surface area contributed by atoms with Gasteiger partial charge in [0.1, 0.15) is 0 Å². The Morgan fingerprint density at radius 2 is 1.59 bits per heavy atom. The highest BCUT2D eigenvalue weighted by atomic mass is 35.5. The number of rotatable bonds is 6. The summed E-state index contributed by atoms with van der Waals surface area (Å²) in [7, 11) is 0. The van der Waals surface area contributed by atoms with Crippen LogP contribution in [0.1, 0.15) is 52.0 Å². The van der Waals surface area contributed by atoms with Crippen LogP contribution in [0.25, 0.3) is 0 Å². The Hall–Kier alpha value is -2.04. The number of amides is 2. The fraction of sp³-hybridized carbons (Fsp3) is 0.333. The summed E-state index contributed by atoms with van der Waals surface area (Å²) in [5.41, 5.74) is 2.19. The van der Waals surface area contributed by atoms with Crippen LogP contribution >= 0.6 is 23.2 Å². The van der Waals surface area contributed by atoms with Gasteiger partial charge in [-0.3, -0.25) is 9.59 Å². The van der Waals surface area contributed by atoms with Crippen LogP contribution in [0.3, 0.4) is 0 Å². The summed E-state index contributed by atoms with van der Waals surface area (Å²) in [5.74, 6) is -0.0819. The van der Waals surface area contributed by atoms with Gasteiger partial charge >= 0.3 is 0 Å². The number of nitrogens with zero attached hydrogens (tertiary/aromatic N) is 1. The van der Waals surface area contributed by atoms with Crippen molar-refractivity contribution in [2.45, 2.75) is 44.3 Å². The van der Waals surface area contributed by atoms with E-state index >= 15 is 0 Å². The smallest absolute Gasteiger partial charge is 0.254 e. The summed E-state index contributed by atoms with van der Waals surface area (Å²) in [6.45, 7) is 0.508. The predicted molar refractivity (Wildman–Crippen MR) is 106 cm³/mol. The molecule has 2 saturated carbocycles. The fourth-order valence-corrected chi connectivity index (χ4v) is 3.30. The third-order valence-corrected chi connectivity index (χ3v) is 5.64. The first-order valence-corrected chi connectivity index (χ1v) is 9.92. The van der Waals surface area contributed by atoms with E-state index in [1.807, 2.05) is 29.2 Å². The van der Waals surface area contributed by atoms with Crippen molar-refractivity contribution in [3.05, 3.63) is 69.2 Å². The summed E-state index contributed by atoms with van der Waals surface area (Å²) in [5, 5.41) is 3.80. The van der Waals surface area contributed by atoms with Crippen LogP contribution in [0.2, 0.25) is 10.0 Å². The highest BCUT2D eigenvalue weighted by Gasteiger charge is 2.33. The molecule has 2 fully saturated rings. The molecule has 0 spiro atoms. The molecule has 4 nitrogen and oxygen atoms in total. The maximum atomic E-state index is 13.0. The second-order valence-corrected chi connectivity index (χ2v) is 8.05. The largest absolute Gasteiger partial charge is 0.349 e. The first kappa shape index (κ1) is 18.3. The fourth-order valence-electron chi connectivity index (χ4n) is 3.00. The number of carbonyl (C=O) groups is 2. The van der Waals surface area contributed by atoms with E-state index in [4.69, 9.17) is 23.2 Å². The van der Waals surface area contributed by atoms with Gasteiger partial charge in [0.15, 0.2) is 0 Å². The molecule has 0 radical (unpaired) electrons. The summed E-state index contributed by atoms with van der Waals surface area (Å²) in [4.78, 5) is 26.9. The molecule has 0 atom stereocenters. The second-order valence-electron chi connectivity index (χ2n) is 7.24. The molecule has 2 aromatic carbocycles. The van der Waals surface area contributed by atoms with Crippen molar-refractivity contribution >= 4 is 35.0 Å². The molecule has 0 aliphatic heterocycles. The zero-order chi connectivity index (χ0) is 19.0. The van der Waals surface area contributed by atoms with Crippen LogP contribution in [0.4, 0.5) is 0 Å². The average molecular weight is 403 g/mol. The molecule has 0 unspecified atom stereocenters. The molecule has 2 aromatic rings. The minimum atomic E-state index is -0.0494. The summed E-state index contributed by atoms with van der Waals surface area (Å²) < 4.78 is 0. The van der Waals surface area contributed by atoms with E-state index in [0.717, 1.165) is 31.2 Å². The normalized spacial score (nSPS) is 16.1. The Morgan fingerprint density at radius 3 is 2.19 bits per heavy atom. The predicted octanol–water partition coefficient (Wildman–Crippen LogP) is 4.69. The van der Waals surface area contributed by atoms with E-state index in [1.54, 1.807) is 18.2 Å². The quantitative estimate of drug-likeness (QED) is 0.761. The molecule has 0 bridgehead atoms. The summed E-state index contributed by atoms with van der Waals surface area (Å²) in [6, 6.07) is 13.0. The van der Waals surface area contributed by atoms with Gasteiger partial charge in [-0.05, 0) is 61.6 Å². The molecular formula is C21H20Cl2N2O2. The van der Waals surface area contributed by atoms with Crippen molar-refractivity contribution in [1.29, 1.82) is 0 Å². The third-order valence-electron chi connectivity index (χ3n) is 4.90. The van der Waals surface area contributed by atoms with Crippen molar-refractivity contribution in [2.75, 3.05) is 0 Å². The zero-order valence-electron chi connectivity index (χ0n) is 14.8. The van der Waals surface area contributed by atoms with Crippen LogP contribution in [0, 0.1) is 0 Å². The standard InChI is InChI=1S/C21H20Cl2N2O2/c22-18-10-5-15(11-19(18)23)21(27)25(17-8-9-17)12-13-1-3-14(4-2-13)20(26)24-16-6-7-16/h1-5,10-11,16-17H,6-9,12H2,(H,24,26). The Labute approximate surface area is 168 Å². The third kappa shape index (κ3) is 4.45. The number of carbonyl (C=O) groups excluding carboxylic acids is 2. The van der Waals surface area contributed by atoms with Crippen molar-refractivity contribution < 1.29 is 9.59 Å². The van der Waals surface area contributed by atoms with Crippen LogP contribution in [0.15, 0.2) is 42.5 Å². The topological polar surface area (TPSA) is 49.4 Å². The summed E-state index contributed by atoms with van der Waals surface area (Å²) in [6.07, 6.45) is 4.15. The lowest BCUT2D eigenvalue weighted by atomic mass is 10.1. The monoisotopic (exact) mass is 402 g/mol. The van der Waals surface area contributed by atoms with Gasteiger partial charge in [0.25, 0.3) is 11.8 Å². The highest BCUT2D eigenvalue weighted by Crippen LogP contribution is 2.31. The van der Waals surface area contributed by atoms with Crippen LogP contribution in [-0.4, -0.2) is 28.8 Å². The van der Waals surface area contributed by atoms with Crippen LogP contribution in [-0.2, 0) is 6.54 Å². The minimum Gasteiger partial charge on any atom is -0.349 e. The van der Waals surface area contributed by atoms with Crippen molar-refractivity contribution in [1.82, 2.24) is 10.2 Å². The van der Waals surface area contributed by atoms with Gasteiger partial charge in [-0.1, -0.05) is 35.3 Å². The van der Waals surface area contributed by atoms with Crippen molar-refractivity contribution in [3.63, 3.8) is 0 Å². The SMILES string of the molecule is O=C(NC1CC1)c1ccc(CN(C(=O)c2ccc(Cl)c(Cl)c2)C2CC2)cc1. The molecular weight excluding hydrogens is 383 g/mol. The van der Waals surface area contributed by atoms with Gasteiger partial charge < -0.3 is 10.2 Å². The summed E-state index contributed by atoms with van der Waals surface area (Å²) >= 11 is 12.0. The van der Waals surface area contributed by atoms with E-state index in [1.165, 1.54) is 0 Å². The van der Waals surface area contributed by atoms with Gasteiger partial charge in [0, 0.05) is 29.8 Å². The lowest BCUT2D eigenvalue weighted by Crippen LogP contribution is -2.32. The van der Waals surface area contributed by atoms with Gasteiger partial charge in [-0.25, -0.2) is 0 Å². The van der Waals surface area contributed by atoms with E-state index in [9.17, 15) is 9.59 Å². The average Bonchev–Trinajstić information content (AvgIpc) is 3.56. The van der Waals surface area contributed by atoms with Crippen molar-refractivity contribution in [2.24, 2.45) is 0 Å². The number of hydrogen-bond donors (Lipinski definition) is 1. The number of halogens is 2. The lowest BCUT2D eigenvalue weighted by Gasteiger charge is -2.23. The Kier molecular flexibility index (Phi) is 5.11. The number of nitrogens with one attached hydrogen (secondary N) is 1. The maximum Gasteiger partial charge on any atom is 0.254 e. The molecule has 6 heteroatoms. The first-order chi connectivity index (χ1) is 13.0. The molecule has 140 valence electrons. The zero-order valence-corrected chi connectivity index (χ0v) is 16.3. The Morgan fingerprint density at radius 1 is 0.926 bits per heavy atom. The van der Waals surface area contributed by atoms with E-state index in [2.05, 4.69) is 5.32 Å². The van der Waals surface area contributed by atoms with Crippen LogP contribution in [0.5, 0.6) is 0 Å². The highest BCUT2D eigenvalue weighted by molar-refractivity contribution is 6.42. The van der Waals surface area contributed by atoms with E-state index < -0.39 is 0 Å². The lowest BCUT2D eigenvalue weighted by molar-refractivity contribution is 0.0729. The van der Waals surface area contributed by atoms with Gasteiger partial charge in [-0.2, -0.15) is 0 Å². The van der Waals surface area contributed by atoms with Gasteiger partial charge in [0.05, 0.1) is 10.0 Å². The molecule has 2 aliphatic carbocycles. The van der Waals surface area contributed by atoms with Gasteiger partial charge in [-0.15, -0.1) is 0 Å². The van der Waals surface area contributed by atoms with E-state index in [-0.39, 0.29) is 17.9 Å². The molecule has 0 heterocycles. The number of hydrogen-bond acceptors (Lipinski definition) is 2. The Balaban J connectivity index is 1.47. The number of benzene rings is 2. The molecule has 2 amide bonds. The first-order valence-electron chi connectivity index (χ1n) is 9.17. The molecule has 0 aromatic heterocycles. The van der Waals surface area contributed by atoms with Crippen molar-refractivity contribution in [3.8, 4) is 0 Å². The van der Waals surface area contributed by atoms with Gasteiger partial charge in [0.2, 0.25) is 0 Å². The minimum absolute atomic E-state index is 0.0324. The molecule has 0 saturated heterocycles. The Bertz CT molecular complexity index is 874. The molecule has 2 aliphatic rings. The van der Waals surface area contributed by atoms with Crippen LogP contribution < -0.4 is 5.32 Å². The second kappa shape index (κ2) is 7.53. The molecule has 1 N–H and O–H groups in total. The molecule has 27 heavy (non-hydrogen) atoms. The molecule has 4 rings (SSSR count). The van der Waals surface area contributed by atoms with E-state index in [0.29, 0.717) is 33.8 Å².